The molecule has 1 aromatic carbocycles. The summed E-state index contributed by atoms with van der Waals surface area (Å²) in [7, 11) is 0. The van der Waals surface area contributed by atoms with E-state index in [0.717, 1.165) is 0 Å². The van der Waals surface area contributed by atoms with Crippen LogP contribution in [0.5, 0.6) is 0 Å². The Bertz CT molecular complexity index is 686. The summed E-state index contributed by atoms with van der Waals surface area (Å²) in [6, 6.07) is 11.5. The lowest BCUT2D eigenvalue weighted by molar-refractivity contribution is -0.136. The molecule has 0 aliphatic carbocycles. The number of nitrogens with zero attached hydrogens (tertiary/aromatic N) is 2. The highest BCUT2D eigenvalue weighted by atomic mass is 16.4. The molecule has 2 aromatic rings. The summed E-state index contributed by atoms with van der Waals surface area (Å²) in [5.41, 5.74) is 0.844. The zero-order valence-electron chi connectivity index (χ0n) is 11.0. The van der Waals surface area contributed by atoms with E-state index >= 15 is 0 Å². The van der Waals surface area contributed by atoms with Crippen molar-refractivity contribution in [3.05, 3.63) is 54.0 Å². The first-order valence-electron chi connectivity index (χ1n) is 6.19. The van der Waals surface area contributed by atoms with Crippen LogP contribution < -0.4 is 4.90 Å². The molecule has 1 amide bonds. The van der Waals surface area contributed by atoms with Gasteiger partial charge in [0.2, 0.25) is 0 Å². The highest BCUT2D eigenvalue weighted by molar-refractivity contribution is 6.04. The lowest BCUT2D eigenvalue weighted by atomic mass is 10.2. The van der Waals surface area contributed by atoms with Crippen LogP contribution in [0.4, 0.5) is 5.69 Å². The van der Waals surface area contributed by atoms with Crippen molar-refractivity contribution < 1.29 is 19.1 Å². The third kappa shape index (κ3) is 3.48. The average molecular weight is 284 g/mol. The number of hydrogen-bond donors (Lipinski definition) is 1. The van der Waals surface area contributed by atoms with Gasteiger partial charge in [-0.25, -0.2) is 0 Å². The van der Waals surface area contributed by atoms with E-state index in [1.54, 1.807) is 24.3 Å². The number of amides is 1. The zero-order valence-corrected chi connectivity index (χ0v) is 11.0. The van der Waals surface area contributed by atoms with E-state index in [1.165, 1.54) is 23.3 Å². The van der Waals surface area contributed by atoms with Crippen molar-refractivity contribution in [2.75, 3.05) is 11.4 Å². The van der Waals surface area contributed by atoms with E-state index in [2.05, 4.69) is 0 Å². The molecule has 0 atom stereocenters. The normalized spacial score (nSPS) is 9.86. The number of rotatable bonds is 5. The number of anilines is 1. The molecular weight excluding hydrogens is 272 g/mol. The summed E-state index contributed by atoms with van der Waals surface area (Å²) >= 11 is 0. The van der Waals surface area contributed by atoms with Gasteiger partial charge in [-0.2, -0.15) is 5.26 Å². The summed E-state index contributed by atoms with van der Waals surface area (Å²) in [6.07, 6.45) is 1.16. The Morgan fingerprint density at radius 1 is 1.29 bits per heavy atom. The van der Waals surface area contributed by atoms with E-state index in [1.807, 2.05) is 6.07 Å². The summed E-state index contributed by atoms with van der Waals surface area (Å²) in [5, 5.41) is 17.7. The van der Waals surface area contributed by atoms with Gasteiger partial charge >= 0.3 is 5.97 Å². The quantitative estimate of drug-likeness (QED) is 0.908. The number of carbonyl (C=O) groups excluding carboxylic acids is 1. The van der Waals surface area contributed by atoms with Crippen LogP contribution in [-0.2, 0) is 4.79 Å². The molecule has 0 aliphatic rings. The van der Waals surface area contributed by atoms with Gasteiger partial charge < -0.3 is 14.4 Å². The van der Waals surface area contributed by atoms with Gasteiger partial charge in [0.05, 0.1) is 24.3 Å². The van der Waals surface area contributed by atoms with Crippen LogP contribution in [0.1, 0.15) is 22.5 Å². The van der Waals surface area contributed by atoms with E-state index in [9.17, 15) is 9.59 Å². The number of furan rings is 1. The molecule has 1 aromatic heterocycles. The maximum Gasteiger partial charge on any atom is 0.305 e. The molecule has 0 radical (unpaired) electrons. The molecule has 106 valence electrons. The van der Waals surface area contributed by atoms with Crippen molar-refractivity contribution in [3.63, 3.8) is 0 Å². The van der Waals surface area contributed by atoms with Gasteiger partial charge in [0.15, 0.2) is 5.76 Å². The first-order valence-corrected chi connectivity index (χ1v) is 6.19. The number of hydrogen-bond acceptors (Lipinski definition) is 4. The summed E-state index contributed by atoms with van der Waals surface area (Å²) in [4.78, 5) is 24.4. The highest BCUT2D eigenvalue weighted by Gasteiger charge is 2.21. The SMILES string of the molecule is N#Cc1cccc(N(CCC(=O)O)C(=O)c2ccco2)c1. The predicted molar refractivity (Wildman–Crippen MR) is 73.8 cm³/mol. The summed E-state index contributed by atoms with van der Waals surface area (Å²) in [6.45, 7) is -0.0102. The lowest BCUT2D eigenvalue weighted by Gasteiger charge is -2.21. The number of nitriles is 1. The summed E-state index contributed by atoms with van der Waals surface area (Å²) in [5.74, 6) is -1.34. The average Bonchev–Trinajstić information content (AvgIpc) is 3.01. The van der Waals surface area contributed by atoms with Crippen molar-refractivity contribution >= 4 is 17.6 Å². The number of carbonyl (C=O) groups is 2. The first kappa shape index (κ1) is 14.3. The zero-order chi connectivity index (χ0) is 15.2. The Labute approximate surface area is 120 Å². The number of benzene rings is 1. The third-order valence-electron chi connectivity index (χ3n) is 2.81. The van der Waals surface area contributed by atoms with E-state index in [4.69, 9.17) is 14.8 Å². The van der Waals surface area contributed by atoms with E-state index < -0.39 is 11.9 Å². The van der Waals surface area contributed by atoms with Gasteiger partial charge in [-0.3, -0.25) is 9.59 Å². The standard InChI is InChI=1S/C15H12N2O4/c16-10-11-3-1-4-12(9-11)17(7-6-14(18)19)15(20)13-5-2-8-21-13/h1-5,8-9H,6-7H2,(H,18,19). The largest absolute Gasteiger partial charge is 0.481 e. The minimum absolute atomic E-state index is 0.0102. The molecule has 1 heterocycles. The Kier molecular flexibility index (Phi) is 4.36. The Morgan fingerprint density at radius 3 is 2.71 bits per heavy atom. The molecule has 0 unspecified atom stereocenters. The number of aliphatic carboxylic acids is 1. The van der Waals surface area contributed by atoms with Gasteiger partial charge in [-0.05, 0) is 30.3 Å². The van der Waals surface area contributed by atoms with Crippen molar-refractivity contribution in [2.24, 2.45) is 0 Å². The van der Waals surface area contributed by atoms with E-state index in [0.29, 0.717) is 11.3 Å². The molecule has 0 bridgehead atoms. The van der Waals surface area contributed by atoms with Crippen molar-refractivity contribution in [3.8, 4) is 6.07 Å². The molecule has 0 spiro atoms. The lowest BCUT2D eigenvalue weighted by Crippen LogP contribution is -2.32. The fourth-order valence-electron chi connectivity index (χ4n) is 1.83. The molecule has 21 heavy (non-hydrogen) atoms. The van der Waals surface area contributed by atoms with Crippen molar-refractivity contribution in [2.45, 2.75) is 6.42 Å². The number of carboxylic acids is 1. The van der Waals surface area contributed by atoms with Gasteiger partial charge in [0, 0.05) is 12.2 Å². The molecule has 0 aliphatic heterocycles. The van der Waals surface area contributed by atoms with Crippen LogP contribution >= 0.6 is 0 Å². The molecule has 0 saturated carbocycles. The summed E-state index contributed by atoms with van der Waals surface area (Å²) < 4.78 is 5.06. The van der Waals surface area contributed by atoms with Gasteiger partial charge in [0.1, 0.15) is 0 Å². The van der Waals surface area contributed by atoms with Crippen LogP contribution in [-0.4, -0.2) is 23.5 Å². The smallest absolute Gasteiger partial charge is 0.305 e. The maximum atomic E-state index is 12.4. The fourth-order valence-corrected chi connectivity index (χ4v) is 1.83. The van der Waals surface area contributed by atoms with Crippen LogP contribution in [0.25, 0.3) is 0 Å². The Morgan fingerprint density at radius 2 is 2.10 bits per heavy atom. The number of carboxylic acid groups (broad SMARTS) is 1. The maximum absolute atomic E-state index is 12.4. The molecule has 0 fully saturated rings. The minimum atomic E-state index is -1.01. The van der Waals surface area contributed by atoms with Gasteiger partial charge in [0.25, 0.3) is 5.91 Å². The van der Waals surface area contributed by atoms with Crippen LogP contribution in [0.2, 0.25) is 0 Å². The predicted octanol–water partition coefficient (Wildman–Crippen LogP) is 2.27. The van der Waals surface area contributed by atoms with Crippen molar-refractivity contribution in [1.29, 1.82) is 5.26 Å². The Hall–Kier alpha value is -3.07. The second kappa shape index (κ2) is 6.39. The second-order valence-electron chi connectivity index (χ2n) is 4.24. The van der Waals surface area contributed by atoms with Crippen LogP contribution in [0.3, 0.4) is 0 Å². The highest BCUT2D eigenvalue weighted by Crippen LogP contribution is 2.19. The second-order valence-corrected chi connectivity index (χ2v) is 4.24. The van der Waals surface area contributed by atoms with Gasteiger partial charge in [-0.1, -0.05) is 6.07 Å². The molecule has 1 N–H and O–H groups in total. The third-order valence-corrected chi connectivity index (χ3v) is 2.81. The molecule has 2 rings (SSSR count). The minimum Gasteiger partial charge on any atom is -0.481 e. The Balaban J connectivity index is 2.33. The van der Waals surface area contributed by atoms with Crippen LogP contribution in [0, 0.1) is 11.3 Å². The van der Waals surface area contributed by atoms with E-state index in [-0.39, 0.29) is 18.7 Å². The molecule has 6 nitrogen and oxygen atoms in total. The van der Waals surface area contributed by atoms with Gasteiger partial charge in [-0.15, -0.1) is 0 Å². The van der Waals surface area contributed by atoms with Crippen molar-refractivity contribution in [1.82, 2.24) is 0 Å². The first-order chi connectivity index (χ1) is 10.1. The molecular formula is C15H12N2O4. The molecule has 0 saturated heterocycles. The fraction of sp³-hybridized carbons (Fsp3) is 0.133. The topological polar surface area (TPSA) is 94.5 Å². The molecule has 6 heteroatoms. The monoisotopic (exact) mass is 284 g/mol. The van der Waals surface area contributed by atoms with Crippen LogP contribution in [0.15, 0.2) is 47.1 Å².